The van der Waals surface area contributed by atoms with E-state index < -0.39 is 0 Å². The zero-order valence-corrected chi connectivity index (χ0v) is 15.2. The zero-order chi connectivity index (χ0) is 15.2. The third-order valence-corrected chi connectivity index (χ3v) is 5.06. The summed E-state index contributed by atoms with van der Waals surface area (Å²) < 4.78 is 1.17. The lowest BCUT2D eigenvalue weighted by Gasteiger charge is -2.38. The summed E-state index contributed by atoms with van der Waals surface area (Å²) in [7, 11) is 0. The first-order valence-corrected chi connectivity index (χ1v) is 9.02. The molecule has 3 nitrogen and oxygen atoms in total. The summed E-state index contributed by atoms with van der Waals surface area (Å²) in [6, 6.07) is 8.29. The number of rotatable bonds is 5. The molecular weight excluding hydrogens is 375 g/mol. The number of carbonyl (C=O) groups excluding carboxylic acids is 1. The topological polar surface area (TPSA) is 23.6 Å². The van der Waals surface area contributed by atoms with Crippen LogP contribution in [0.1, 0.15) is 43.5 Å². The average molecular weight is 400 g/mol. The van der Waals surface area contributed by atoms with Gasteiger partial charge in [-0.15, -0.1) is 0 Å². The Morgan fingerprint density at radius 3 is 2.52 bits per heavy atom. The van der Waals surface area contributed by atoms with Crippen LogP contribution in [0.2, 0.25) is 0 Å². The molecule has 4 heteroatoms. The number of halogens is 1. The number of hydrogen-bond acceptors (Lipinski definition) is 2. The molecule has 2 rings (SSSR count). The van der Waals surface area contributed by atoms with Gasteiger partial charge in [-0.2, -0.15) is 0 Å². The molecule has 1 amide bonds. The molecule has 1 aliphatic rings. The molecule has 1 atom stereocenters. The van der Waals surface area contributed by atoms with E-state index in [9.17, 15) is 4.79 Å². The van der Waals surface area contributed by atoms with Gasteiger partial charge in [0.15, 0.2) is 0 Å². The van der Waals surface area contributed by atoms with Gasteiger partial charge in [0, 0.05) is 28.3 Å². The van der Waals surface area contributed by atoms with Crippen LogP contribution in [0.3, 0.4) is 0 Å². The summed E-state index contributed by atoms with van der Waals surface area (Å²) in [6.45, 7) is 8.40. The van der Waals surface area contributed by atoms with Crippen molar-refractivity contribution in [3.05, 3.63) is 33.4 Å². The fourth-order valence-corrected chi connectivity index (χ4v) is 3.36. The maximum atomic E-state index is 12.8. The molecule has 1 aromatic carbocycles. The Bertz CT molecular complexity index is 456. The minimum atomic E-state index is 0.197. The highest BCUT2D eigenvalue weighted by molar-refractivity contribution is 14.1. The van der Waals surface area contributed by atoms with Crippen LogP contribution < -0.4 is 0 Å². The lowest BCUT2D eigenvalue weighted by atomic mass is 10.00. The second-order valence-corrected chi connectivity index (χ2v) is 6.89. The highest BCUT2D eigenvalue weighted by Crippen LogP contribution is 2.21. The number of likely N-dealkylation sites (N-methyl/N-ethyl adjacent to an activating group) is 1. The van der Waals surface area contributed by atoms with Gasteiger partial charge < -0.3 is 9.80 Å². The van der Waals surface area contributed by atoms with Gasteiger partial charge in [-0.3, -0.25) is 4.79 Å². The van der Waals surface area contributed by atoms with Crippen molar-refractivity contribution >= 4 is 28.5 Å². The minimum Gasteiger partial charge on any atom is -0.334 e. The molecule has 21 heavy (non-hydrogen) atoms. The zero-order valence-electron chi connectivity index (χ0n) is 13.0. The molecule has 1 fully saturated rings. The summed E-state index contributed by atoms with van der Waals surface area (Å²) in [4.78, 5) is 17.3. The van der Waals surface area contributed by atoms with E-state index in [1.54, 1.807) is 0 Å². The lowest BCUT2D eigenvalue weighted by Crippen LogP contribution is -2.49. The molecule has 0 saturated carbocycles. The number of piperidine rings is 1. The highest BCUT2D eigenvalue weighted by atomic mass is 127. The number of nitrogens with zero attached hydrogens (tertiary/aromatic N) is 2. The van der Waals surface area contributed by atoms with Gasteiger partial charge in [0.1, 0.15) is 0 Å². The van der Waals surface area contributed by atoms with E-state index in [-0.39, 0.29) is 5.91 Å². The Hall–Kier alpha value is -0.620. The summed E-state index contributed by atoms with van der Waals surface area (Å²) in [6.07, 6.45) is 3.50. The fraction of sp³-hybridized carbons (Fsp3) is 0.588. The molecule has 0 aliphatic carbocycles. The Balaban J connectivity index is 2.10. The molecule has 0 aromatic heterocycles. The molecule has 0 spiro atoms. The third-order valence-electron chi connectivity index (χ3n) is 4.34. The Kier molecular flexibility index (Phi) is 6.48. The molecule has 116 valence electrons. The Morgan fingerprint density at radius 1 is 1.24 bits per heavy atom. The van der Waals surface area contributed by atoms with Crippen molar-refractivity contribution < 1.29 is 4.79 Å². The summed E-state index contributed by atoms with van der Waals surface area (Å²) in [5.41, 5.74) is 0.821. The van der Waals surface area contributed by atoms with Crippen LogP contribution in [0, 0.1) is 3.57 Å². The van der Waals surface area contributed by atoms with Gasteiger partial charge in [0.2, 0.25) is 0 Å². The van der Waals surface area contributed by atoms with E-state index in [4.69, 9.17) is 0 Å². The number of carbonyl (C=O) groups is 1. The van der Waals surface area contributed by atoms with Crippen LogP contribution in [0.15, 0.2) is 24.3 Å². The van der Waals surface area contributed by atoms with Crippen LogP contribution in [0.25, 0.3) is 0 Å². The van der Waals surface area contributed by atoms with Crippen LogP contribution in [-0.2, 0) is 0 Å². The Morgan fingerprint density at radius 2 is 1.90 bits per heavy atom. The molecule has 0 bridgehead atoms. The monoisotopic (exact) mass is 400 g/mol. The molecule has 1 saturated heterocycles. The fourth-order valence-electron chi connectivity index (χ4n) is 3.00. The first-order chi connectivity index (χ1) is 10.2. The summed E-state index contributed by atoms with van der Waals surface area (Å²) in [5, 5.41) is 0. The van der Waals surface area contributed by atoms with Crippen molar-refractivity contribution in [2.75, 3.05) is 26.2 Å². The second-order valence-electron chi connectivity index (χ2n) is 5.64. The van der Waals surface area contributed by atoms with Gasteiger partial charge in [-0.05, 0) is 79.2 Å². The maximum absolute atomic E-state index is 12.8. The van der Waals surface area contributed by atoms with Crippen molar-refractivity contribution in [1.29, 1.82) is 0 Å². The third kappa shape index (κ3) is 4.42. The smallest absolute Gasteiger partial charge is 0.254 e. The molecule has 1 unspecified atom stereocenters. The largest absolute Gasteiger partial charge is 0.334 e. The van der Waals surface area contributed by atoms with Crippen molar-refractivity contribution in [3.63, 3.8) is 0 Å². The first-order valence-electron chi connectivity index (χ1n) is 7.94. The molecule has 1 heterocycles. The van der Waals surface area contributed by atoms with Gasteiger partial charge >= 0.3 is 0 Å². The van der Waals surface area contributed by atoms with Crippen molar-refractivity contribution in [3.8, 4) is 0 Å². The molecule has 1 aromatic rings. The van der Waals surface area contributed by atoms with E-state index in [2.05, 4.69) is 46.2 Å². The molecule has 0 radical (unpaired) electrons. The molecular formula is C17H25IN2O. The molecule has 1 aliphatic heterocycles. The lowest BCUT2D eigenvalue weighted by molar-refractivity contribution is 0.0552. The number of likely N-dealkylation sites (tertiary alicyclic amines) is 1. The van der Waals surface area contributed by atoms with Crippen LogP contribution in [0.4, 0.5) is 0 Å². The van der Waals surface area contributed by atoms with Gasteiger partial charge in [-0.25, -0.2) is 0 Å². The van der Waals surface area contributed by atoms with E-state index >= 15 is 0 Å². The van der Waals surface area contributed by atoms with E-state index in [0.29, 0.717) is 6.04 Å². The highest BCUT2D eigenvalue weighted by Gasteiger charge is 2.28. The summed E-state index contributed by atoms with van der Waals surface area (Å²) in [5.74, 6) is 0.197. The van der Waals surface area contributed by atoms with Crippen LogP contribution >= 0.6 is 22.6 Å². The minimum absolute atomic E-state index is 0.197. The van der Waals surface area contributed by atoms with Gasteiger partial charge in [0.25, 0.3) is 5.91 Å². The SMILES string of the molecule is CCN(CC)CC1CCCCN1C(=O)c1ccc(I)cc1. The van der Waals surface area contributed by atoms with Crippen molar-refractivity contribution in [1.82, 2.24) is 9.80 Å². The first kappa shape index (κ1) is 16.7. The van der Waals surface area contributed by atoms with Gasteiger partial charge in [0.05, 0.1) is 0 Å². The number of benzene rings is 1. The Labute approximate surface area is 141 Å². The predicted octanol–water partition coefficient (Wildman–Crippen LogP) is 3.63. The van der Waals surface area contributed by atoms with Crippen molar-refractivity contribution in [2.45, 2.75) is 39.2 Å². The second kappa shape index (κ2) is 8.13. The van der Waals surface area contributed by atoms with Crippen LogP contribution in [0.5, 0.6) is 0 Å². The predicted molar refractivity (Wildman–Crippen MR) is 95.6 cm³/mol. The van der Waals surface area contributed by atoms with Crippen LogP contribution in [-0.4, -0.2) is 47.9 Å². The normalized spacial score (nSPS) is 19.0. The van der Waals surface area contributed by atoms with Crippen molar-refractivity contribution in [2.24, 2.45) is 0 Å². The van der Waals surface area contributed by atoms with E-state index in [0.717, 1.165) is 44.6 Å². The number of amides is 1. The van der Waals surface area contributed by atoms with E-state index in [1.165, 1.54) is 9.99 Å². The number of hydrogen-bond donors (Lipinski definition) is 0. The van der Waals surface area contributed by atoms with E-state index in [1.807, 2.05) is 24.3 Å². The maximum Gasteiger partial charge on any atom is 0.254 e. The quantitative estimate of drug-likeness (QED) is 0.705. The molecule has 0 N–H and O–H groups in total. The average Bonchev–Trinajstić information content (AvgIpc) is 2.53. The summed E-state index contributed by atoms with van der Waals surface area (Å²) >= 11 is 2.27. The van der Waals surface area contributed by atoms with Gasteiger partial charge in [-0.1, -0.05) is 13.8 Å². The standard InChI is InChI=1S/C17H25IN2O/c1-3-19(4-2)13-16-7-5-6-12-20(16)17(21)14-8-10-15(18)11-9-14/h8-11,16H,3-7,12-13H2,1-2H3.